The van der Waals surface area contributed by atoms with Crippen molar-refractivity contribution in [2.24, 2.45) is 5.92 Å². The van der Waals surface area contributed by atoms with E-state index in [-0.39, 0.29) is 0 Å². The first kappa shape index (κ1) is 11.8. The Labute approximate surface area is 89.0 Å². The van der Waals surface area contributed by atoms with E-state index in [1.54, 1.807) is 0 Å². The molecule has 1 nitrogen and oxygen atoms in total. The van der Waals surface area contributed by atoms with Gasteiger partial charge in [0.15, 0.2) is 0 Å². The van der Waals surface area contributed by atoms with Crippen LogP contribution in [0.4, 0.5) is 0 Å². The molecule has 82 valence electrons. The molecule has 1 heteroatoms. The number of rotatable bonds is 6. The SMILES string of the molecule is C=CCCC(C)NC(C)C1CCCC1. The van der Waals surface area contributed by atoms with Gasteiger partial charge in [0.1, 0.15) is 0 Å². The van der Waals surface area contributed by atoms with E-state index in [0.29, 0.717) is 12.1 Å². The van der Waals surface area contributed by atoms with Crippen LogP contribution in [0.2, 0.25) is 0 Å². The molecule has 1 fully saturated rings. The van der Waals surface area contributed by atoms with Crippen LogP contribution in [0.1, 0.15) is 52.4 Å². The average Bonchev–Trinajstić information content (AvgIpc) is 2.67. The summed E-state index contributed by atoms with van der Waals surface area (Å²) in [6, 6.07) is 1.35. The minimum Gasteiger partial charge on any atom is -0.311 e. The van der Waals surface area contributed by atoms with Crippen molar-refractivity contribution in [3.63, 3.8) is 0 Å². The van der Waals surface area contributed by atoms with Crippen LogP contribution in [-0.4, -0.2) is 12.1 Å². The molecule has 1 saturated carbocycles. The Bertz CT molecular complexity index is 159. The van der Waals surface area contributed by atoms with Crippen LogP contribution >= 0.6 is 0 Å². The maximum atomic E-state index is 3.76. The van der Waals surface area contributed by atoms with Crippen LogP contribution in [0.3, 0.4) is 0 Å². The number of allylic oxidation sites excluding steroid dienone is 1. The molecule has 0 radical (unpaired) electrons. The highest BCUT2D eigenvalue weighted by molar-refractivity contribution is 4.80. The molecule has 14 heavy (non-hydrogen) atoms. The largest absolute Gasteiger partial charge is 0.311 e. The Morgan fingerprint density at radius 2 is 2.00 bits per heavy atom. The summed E-state index contributed by atoms with van der Waals surface area (Å²) in [5.41, 5.74) is 0. The number of hydrogen-bond donors (Lipinski definition) is 1. The second-order valence-corrected chi connectivity index (χ2v) is 4.77. The van der Waals surface area contributed by atoms with Gasteiger partial charge in [-0.15, -0.1) is 6.58 Å². The summed E-state index contributed by atoms with van der Waals surface area (Å²) in [6.07, 6.45) is 10.1. The summed E-state index contributed by atoms with van der Waals surface area (Å²) in [6.45, 7) is 8.40. The highest BCUT2D eigenvalue weighted by atomic mass is 14.9. The lowest BCUT2D eigenvalue weighted by atomic mass is 9.98. The van der Waals surface area contributed by atoms with E-state index >= 15 is 0 Å². The second-order valence-electron chi connectivity index (χ2n) is 4.77. The van der Waals surface area contributed by atoms with Crippen LogP contribution < -0.4 is 5.32 Å². The highest BCUT2D eigenvalue weighted by Gasteiger charge is 2.21. The molecule has 0 aliphatic heterocycles. The lowest BCUT2D eigenvalue weighted by Gasteiger charge is -2.24. The predicted octanol–water partition coefficient (Wildman–Crippen LogP) is 3.51. The minimum atomic E-state index is 0.642. The highest BCUT2D eigenvalue weighted by Crippen LogP contribution is 2.27. The summed E-state index contributed by atoms with van der Waals surface area (Å²) < 4.78 is 0. The normalized spacial score (nSPS) is 22.1. The third kappa shape index (κ3) is 3.83. The second kappa shape index (κ2) is 6.23. The Balaban J connectivity index is 2.17. The van der Waals surface area contributed by atoms with Gasteiger partial charge in [-0.2, -0.15) is 0 Å². The van der Waals surface area contributed by atoms with E-state index in [9.17, 15) is 0 Å². The molecule has 0 aromatic rings. The van der Waals surface area contributed by atoms with E-state index in [0.717, 1.165) is 12.3 Å². The van der Waals surface area contributed by atoms with Gasteiger partial charge in [0.25, 0.3) is 0 Å². The fraction of sp³-hybridized carbons (Fsp3) is 0.846. The zero-order chi connectivity index (χ0) is 10.4. The third-order valence-electron chi connectivity index (χ3n) is 3.46. The van der Waals surface area contributed by atoms with Crippen LogP contribution in [0.25, 0.3) is 0 Å². The molecule has 0 aromatic carbocycles. The van der Waals surface area contributed by atoms with Crippen molar-refractivity contribution in [2.45, 2.75) is 64.5 Å². The van der Waals surface area contributed by atoms with Gasteiger partial charge in [0.2, 0.25) is 0 Å². The molecule has 0 saturated heterocycles. The summed E-state index contributed by atoms with van der Waals surface area (Å²) in [5, 5.41) is 3.71. The van der Waals surface area contributed by atoms with Gasteiger partial charge in [0, 0.05) is 12.1 Å². The molecular formula is C13H25N. The van der Waals surface area contributed by atoms with Crippen molar-refractivity contribution in [1.29, 1.82) is 0 Å². The molecule has 0 aromatic heterocycles. The summed E-state index contributed by atoms with van der Waals surface area (Å²) in [5.74, 6) is 0.932. The van der Waals surface area contributed by atoms with E-state index in [1.165, 1.54) is 32.1 Å². The summed E-state index contributed by atoms with van der Waals surface area (Å²) in [4.78, 5) is 0. The molecule has 0 spiro atoms. The zero-order valence-electron chi connectivity index (χ0n) is 9.76. The smallest absolute Gasteiger partial charge is 0.00694 e. The van der Waals surface area contributed by atoms with E-state index in [2.05, 4.69) is 25.7 Å². The van der Waals surface area contributed by atoms with Crippen molar-refractivity contribution in [3.05, 3.63) is 12.7 Å². The average molecular weight is 195 g/mol. The standard InChI is InChI=1S/C13H25N/c1-4-5-8-11(2)14-12(3)13-9-6-7-10-13/h4,11-14H,1,5-10H2,2-3H3. The molecule has 0 bridgehead atoms. The van der Waals surface area contributed by atoms with E-state index < -0.39 is 0 Å². The molecular weight excluding hydrogens is 170 g/mol. The molecule has 2 unspecified atom stereocenters. The summed E-state index contributed by atoms with van der Waals surface area (Å²) in [7, 11) is 0. The fourth-order valence-corrected chi connectivity index (χ4v) is 2.49. The first-order valence-corrected chi connectivity index (χ1v) is 6.11. The molecule has 0 heterocycles. The van der Waals surface area contributed by atoms with E-state index in [4.69, 9.17) is 0 Å². The lowest BCUT2D eigenvalue weighted by Crippen LogP contribution is -2.38. The molecule has 2 atom stereocenters. The first-order chi connectivity index (χ1) is 6.74. The molecule has 1 N–H and O–H groups in total. The molecule has 1 rings (SSSR count). The van der Waals surface area contributed by atoms with Crippen molar-refractivity contribution in [2.75, 3.05) is 0 Å². The van der Waals surface area contributed by atoms with Gasteiger partial charge >= 0.3 is 0 Å². The minimum absolute atomic E-state index is 0.642. The van der Waals surface area contributed by atoms with E-state index in [1.807, 2.05) is 6.08 Å². The first-order valence-electron chi connectivity index (χ1n) is 6.11. The lowest BCUT2D eigenvalue weighted by molar-refractivity contribution is 0.342. The van der Waals surface area contributed by atoms with Crippen LogP contribution in [0.5, 0.6) is 0 Å². The van der Waals surface area contributed by atoms with Gasteiger partial charge in [-0.3, -0.25) is 0 Å². The van der Waals surface area contributed by atoms with Gasteiger partial charge < -0.3 is 5.32 Å². The maximum absolute atomic E-state index is 3.76. The maximum Gasteiger partial charge on any atom is 0.00694 e. The quantitative estimate of drug-likeness (QED) is 0.640. The van der Waals surface area contributed by atoms with Crippen LogP contribution in [0.15, 0.2) is 12.7 Å². The van der Waals surface area contributed by atoms with Crippen LogP contribution in [0, 0.1) is 5.92 Å². The molecule has 0 amide bonds. The van der Waals surface area contributed by atoms with Crippen molar-refractivity contribution >= 4 is 0 Å². The predicted molar refractivity (Wildman–Crippen MR) is 63.4 cm³/mol. The monoisotopic (exact) mass is 195 g/mol. The topological polar surface area (TPSA) is 12.0 Å². The van der Waals surface area contributed by atoms with Gasteiger partial charge in [-0.05, 0) is 45.4 Å². The van der Waals surface area contributed by atoms with Gasteiger partial charge in [0.05, 0.1) is 0 Å². The fourth-order valence-electron chi connectivity index (χ4n) is 2.49. The summed E-state index contributed by atoms with van der Waals surface area (Å²) >= 11 is 0. The Kier molecular flexibility index (Phi) is 5.24. The Hall–Kier alpha value is -0.300. The zero-order valence-corrected chi connectivity index (χ0v) is 9.76. The van der Waals surface area contributed by atoms with Crippen molar-refractivity contribution in [1.82, 2.24) is 5.32 Å². The van der Waals surface area contributed by atoms with Crippen LogP contribution in [-0.2, 0) is 0 Å². The van der Waals surface area contributed by atoms with Crippen molar-refractivity contribution < 1.29 is 0 Å². The van der Waals surface area contributed by atoms with Gasteiger partial charge in [-0.25, -0.2) is 0 Å². The number of hydrogen-bond acceptors (Lipinski definition) is 1. The molecule has 1 aliphatic rings. The molecule has 1 aliphatic carbocycles. The Morgan fingerprint density at radius 1 is 1.36 bits per heavy atom. The third-order valence-corrected chi connectivity index (χ3v) is 3.46. The van der Waals surface area contributed by atoms with Crippen molar-refractivity contribution in [3.8, 4) is 0 Å². The Morgan fingerprint density at radius 3 is 2.57 bits per heavy atom. The van der Waals surface area contributed by atoms with Gasteiger partial charge in [-0.1, -0.05) is 18.9 Å². The number of nitrogens with one attached hydrogen (secondary N) is 1.